The topological polar surface area (TPSA) is 122 Å². The molecule has 0 aliphatic heterocycles. The van der Waals surface area contributed by atoms with E-state index in [-0.39, 0.29) is 30.9 Å². The van der Waals surface area contributed by atoms with Crippen LogP contribution in [0.25, 0.3) is 0 Å². The second-order valence-corrected chi connectivity index (χ2v) is 7.37. The molecule has 0 bridgehead atoms. The number of esters is 3. The first kappa shape index (κ1) is 25.1. The smallest absolute Gasteiger partial charge is 0.345 e. The van der Waals surface area contributed by atoms with Gasteiger partial charge >= 0.3 is 17.9 Å². The highest BCUT2D eigenvalue weighted by atomic mass is 16.6. The molecule has 0 atom stereocenters. The molecular weight excluding hydrogens is 454 g/mol. The molecule has 0 fully saturated rings. The molecule has 0 amide bonds. The van der Waals surface area contributed by atoms with E-state index in [4.69, 9.17) is 14.2 Å². The zero-order chi connectivity index (χ0) is 25.2. The predicted octanol–water partition coefficient (Wildman–Crippen LogP) is 4.34. The van der Waals surface area contributed by atoms with Gasteiger partial charge in [0.2, 0.25) is 0 Å². The zero-order valence-corrected chi connectivity index (χ0v) is 18.9. The number of hydrogen-bond acceptors (Lipinski definition) is 8. The molecule has 0 aliphatic rings. The van der Waals surface area contributed by atoms with E-state index in [1.807, 2.05) is 12.1 Å². The van der Waals surface area contributed by atoms with Crippen molar-refractivity contribution in [2.75, 3.05) is 6.61 Å². The largest absolute Gasteiger partial charge is 0.462 e. The van der Waals surface area contributed by atoms with E-state index in [0.29, 0.717) is 11.1 Å². The standard InChI is InChI=1S/C26H23NO8/c1-2-33-24(28)21-15-20(13-14-22(21)27(31)32)23(25(29)34-16-18-9-5-3-6-10-18)26(30)35-17-19-11-7-4-8-12-19/h3-15,23H,2,16-17H2,1H3. The maximum atomic E-state index is 13.0. The van der Waals surface area contributed by atoms with Crippen LogP contribution >= 0.6 is 0 Å². The van der Waals surface area contributed by atoms with Crippen LogP contribution in [-0.4, -0.2) is 29.4 Å². The third-order valence-corrected chi connectivity index (χ3v) is 4.97. The van der Waals surface area contributed by atoms with Crippen molar-refractivity contribution in [2.45, 2.75) is 26.1 Å². The Balaban J connectivity index is 1.92. The first-order chi connectivity index (χ1) is 16.9. The maximum absolute atomic E-state index is 13.0. The Labute approximate surface area is 201 Å². The number of benzene rings is 3. The van der Waals surface area contributed by atoms with Crippen molar-refractivity contribution >= 4 is 23.6 Å². The molecule has 0 unspecified atom stereocenters. The number of nitro groups is 1. The molecular formula is C26H23NO8. The summed E-state index contributed by atoms with van der Waals surface area (Å²) >= 11 is 0. The molecule has 0 heterocycles. The molecule has 3 aromatic rings. The summed E-state index contributed by atoms with van der Waals surface area (Å²) in [5.41, 5.74) is 0.517. The summed E-state index contributed by atoms with van der Waals surface area (Å²) in [6.45, 7) is 1.35. The molecule has 0 aliphatic carbocycles. The van der Waals surface area contributed by atoms with Gasteiger partial charge in [-0.2, -0.15) is 0 Å². The fourth-order valence-corrected chi connectivity index (χ4v) is 3.26. The Morgan fingerprint density at radius 3 is 1.77 bits per heavy atom. The van der Waals surface area contributed by atoms with Crippen molar-refractivity contribution in [3.63, 3.8) is 0 Å². The summed E-state index contributed by atoms with van der Waals surface area (Å²) in [5.74, 6) is -4.36. The van der Waals surface area contributed by atoms with Gasteiger partial charge in [-0.05, 0) is 29.7 Å². The van der Waals surface area contributed by atoms with E-state index in [0.717, 1.165) is 12.1 Å². The summed E-state index contributed by atoms with van der Waals surface area (Å²) in [7, 11) is 0. The van der Waals surface area contributed by atoms with Gasteiger partial charge in [0.05, 0.1) is 11.5 Å². The van der Waals surface area contributed by atoms with E-state index in [2.05, 4.69) is 0 Å². The van der Waals surface area contributed by atoms with Crippen LogP contribution in [0, 0.1) is 10.1 Å². The normalized spacial score (nSPS) is 10.5. The van der Waals surface area contributed by atoms with E-state index in [1.54, 1.807) is 55.5 Å². The van der Waals surface area contributed by atoms with Crippen LogP contribution in [0.1, 0.15) is 39.9 Å². The average molecular weight is 477 g/mol. The number of carbonyl (C=O) groups is 3. The van der Waals surface area contributed by atoms with Crippen molar-refractivity contribution in [1.29, 1.82) is 0 Å². The second kappa shape index (κ2) is 12.1. The van der Waals surface area contributed by atoms with Crippen LogP contribution in [0.15, 0.2) is 78.9 Å². The Bertz CT molecular complexity index is 1140. The number of rotatable bonds is 10. The number of carbonyl (C=O) groups excluding carboxylic acids is 3. The lowest BCUT2D eigenvalue weighted by Crippen LogP contribution is -2.26. The molecule has 9 nitrogen and oxygen atoms in total. The van der Waals surface area contributed by atoms with Gasteiger partial charge in [-0.15, -0.1) is 0 Å². The van der Waals surface area contributed by atoms with Crippen molar-refractivity contribution in [3.05, 3.63) is 111 Å². The molecule has 0 saturated carbocycles. The maximum Gasteiger partial charge on any atom is 0.345 e. The quantitative estimate of drug-likeness (QED) is 0.139. The van der Waals surface area contributed by atoms with Crippen LogP contribution < -0.4 is 0 Å². The van der Waals surface area contributed by atoms with E-state index in [9.17, 15) is 24.5 Å². The van der Waals surface area contributed by atoms with Gasteiger partial charge in [0.25, 0.3) is 5.69 Å². The molecule has 0 spiro atoms. The monoisotopic (exact) mass is 477 g/mol. The van der Waals surface area contributed by atoms with Gasteiger partial charge in [0, 0.05) is 6.07 Å². The number of nitro benzene ring substituents is 1. The van der Waals surface area contributed by atoms with Crippen LogP contribution in [0.5, 0.6) is 0 Å². The lowest BCUT2D eigenvalue weighted by molar-refractivity contribution is -0.385. The highest BCUT2D eigenvalue weighted by Crippen LogP contribution is 2.28. The van der Waals surface area contributed by atoms with Gasteiger partial charge in [0.15, 0.2) is 5.92 Å². The number of nitrogens with zero attached hydrogens (tertiary/aromatic N) is 1. The van der Waals surface area contributed by atoms with Gasteiger partial charge in [-0.1, -0.05) is 66.7 Å². The van der Waals surface area contributed by atoms with Crippen LogP contribution in [-0.2, 0) is 37.0 Å². The minimum atomic E-state index is -1.57. The lowest BCUT2D eigenvalue weighted by Gasteiger charge is -2.17. The summed E-state index contributed by atoms with van der Waals surface area (Å²) in [6.07, 6.45) is 0. The number of hydrogen-bond donors (Lipinski definition) is 0. The highest BCUT2D eigenvalue weighted by molar-refractivity contribution is 6.02. The fourth-order valence-electron chi connectivity index (χ4n) is 3.26. The first-order valence-corrected chi connectivity index (χ1v) is 10.8. The number of ether oxygens (including phenoxy) is 3. The van der Waals surface area contributed by atoms with Crippen molar-refractivity contribution in [1.82, 2.24) is 0 Å². The molecule has 0 aromatic heterocycles. The molecule has 0 radical (unpaired) electrons. The highest BCUT2D eigenvalue weighted by Gasteiger charge is 2.34. The van der Waals surface area contributed by atoms with Crippen molar-refractivity contribution in [3.8, 4) is 0 Å². The van der Waals surface area contributed by atoms with E-state index < -0.39 is 34.4 Å². The van der Waals surface area contributed by atoms with Gasteiger partial charge in [-0.25, -0.2) is 4.79 Å². The zero-order valence-electron chi connectivity index (χ0n) is 18.9. The Morgan fingerprint density at radius 1 is 0.800 bits per heavy atom. The summed E-state index contributed by atoms with van der Waals surface area (Å²) in [5, 5.41) is 11.4. The Hall–Kier alpha value is -4.53. The van der Waals surface area contributed by atoms with Gasteiger partial charge in [0.1, 0.15) is 18.8 Å². The van der Waals surface area contributed by atoms with Gasteiger partial charge in [-0.3, -0.25) is 19.7 Å². The van der Waals surface area contributed by atoms with E-state index in [1.165, 1.54) is 6.07 Å². The molecule has 180 valence electrons. The van der Waals surface area contributed by atoms with Crippen molar-refractivity contribution in [2.24, 2.45) is 0 Å². The molecule has 0 saturated heterocycles. The molecule has 3 rings (SSSR count). The van der Waals surface area contributed by atoms with Crippen LogP contribution in [0.3, 0.4) is 0 Å². The minimum absolute atomic E-state index is 0.00905. The molecule has 3 aromatic carbocycles. The molecule has 9 heteroatoms. The summed E-state index contributed by atoms with van der Waals surface area (Å²) in [6, 6.07) is 21.1. The predicted molar refractivity (Wildman–Crippen MR) is 124 cm³/mol. The second-order valence-electron chi connectivity index (χ2n) is 7.37. The summed E-state index contributed by atoms with van der Waals surface area (Å²) in [4.78, 5) is 49.1. The third-order valence-electron chi connectivity index (χ3n) is 4.97. The van der Waals surface area contributed by atoms with Crippen LogP contribution in [0.4, 0.5) is 5.69 Å². The minimum Gasteiger partial charge on any atom is -0.462 e. The first-order valence-electron chi connectivity index (χ1n) is 10.8. The Morgan fingerprint density at radius 2 is 1.31 bits per heavy atom. The fraction of sp³-hybridized carbons (Fsp3) is 0.192. The van der Waals surface area contributed by atoms with Gasteiger partial charge < -0.3 is 14.2 Å². The van der Waals surface area contributed by atoms with Crippen LogP contribution in [0.2, 0.25) is 0 Å². The SMILES string of the molecule is CCOC(=O)c1cc(C(C(=O)OCc2ccccc2)C(=O)OCc2ccccc2)ccc1[N+](=O)[O-]. The Kier molecular flexibility index (Phi) is 8.66. The molecule has 35 heavy (non-hydrogen) atoms. The summed E-state index contributed by atoms with van der Waals surface area (Å²) < 4.78 is 15.6. The third kappa shape index (κ3) is 6.73. The lowest BCUT2D eigenvalue weighted by atomic mass is 9.96. The van der Waals surface area contributed by atoms with E-state index >= 15 is 0 Å². The van der Waals surface area contributed by atoms with Crippen molar-refractivity contribution < 1.29 is 33.5 Å². The molecule has 0 N–H and O–H groups in total. The average Bonchev–Trinajstić information content (AvgIpc) is 2.87.